The molecule has 0 spiro atoms. The number of hydrogen-bond donors (Lipinski definition) is 0. The maximum Gasteiger partial charge on any atom is 0.127 e. The van der Waals surface area contributed by atoms with E-state index in [1.165, 1.54) is 3.57 Å². The first kappa shape index (κ1) is 13.5. The SMILES string of the molecule is Clc1cc2c(c(C(Cl)c3ccc(I)cc3)c1)OCC2. The van der Waals surface area contributed by atoms with Gasteiger partial charge in [0, 0.05) is 20.6 Å². The Balaban J connectivity index is 2.04. The van der Waals surface area contributed by atoms with Crippen LogP contribution in [0.2, 0.25) is 5.02 Å². The van der Waals surface area contributed by atoms with Crippen LogP contribution in [0.4, 0.5) is 0 Å². The average Bonchev–Trinajstić information content (AvgIpc) is 2.85. The Bertz CT molecular complexity index is 610. The van der Waals surface area contributed by atoms with E-state index in [4.69, 9.17) is 27.9 Å². The predicted octanol–water partition coefficient (Wildman–Crippen LogP) is 5.21. The molecule has 0 bridgehead atoms. The largest absolute Gasteiger partial charge is 0.493 e. The lowest BCUT2D eigenvalue weighted by Crippen LogP contribution is -1.97. The summed E-state index contributed by atoms with van der Waals surface area (Å²) in [7, 11) is 0. The van der Waals surface area contributed by atoms with Crippen molar-refractivity contribution in [1.29, 1.82) is 0 Å². The third-order valence-corrected chi connectivity index (χ3v) is 4.64. The van der Waals surface area contributed by atoms with Gasteiger partial charge in [0.05, 0.1) is 12.0 Å². The molecule has 1 unspecified atom stereocenters. The van der Waals surface area contributed by atoms with Crippen LogP contribution in [0.3, 0.4) is 0 Å². The molecule has 3 rings (SSSR count). The van der Waals surface area contributed by atoms with E-state index in [1.54, 1.807) is 0 Å². The van der Waals surface area contributed by atoms with Crippen molar-refractivity contribution < 1.29 is 4.74 Å². The van der Waals surface area contributed by atoms with E-state index in [9.17, 15) is 0 Å². The van der Waals surface area contributed by atoms with E-state index in [-0.39, 0.29) is 5.38 Å². The monoisotopic (exact) mass is 404 g/mol. The Morgan fingerprint density at radius 3 is 2.63 bits per heavy atom. The zero-order valence-electron chi connectivity index (χ0n) is 10.00. The minimum absolute atomic E-state index is 0.234. The number of hydrogen-bond acceptors (Lipinski definition) is 1. The first-order valence-electron chi connectivity index (χ1n) is 6.00. The van der Waals surface area contributed by atoms with Gasteiger partial charge in [-0.1, -0.05) is 23.7 Å². The molecule has 19 heavy (non-hydrogen) atoms. The molecule has 0 radical (unpaired) electrons. The second-order valence-electron chi connectivity index (χ2n) is 4.50. The fourth-order valence-corrected chi connectivity index (χ4v) is 3.21. The highest BCUT2D eigenvalue weighted by molar-refractivity contribution is 14.1. The van der Waals surface area contributed by atoms with Crippen LogP contribution in [0.25, 0.3) is 0 Å². The Morgan fingerprint density at radius 1 is 1.16 bits per heavy atom. The molecule has 2 aromatic rings. The molecule has 0 saturated heterocycles. The van der Waals surface area contributed by atoms with Crippen molar-refractivity contribution in [3.05, 3.63) is 61.7 Å². The van der Waals surface area contributed by atoms with Crippen molar-refractivity contribution in [2.24, 2.45) is 0 Å². The Morgan fingerprint density at radius 2 is 1.89 bits per heavy atom. The topological polar surface area (TPSA) is 9.23 Å². The lowest BCUT2D eigenvalue weighted by molar-refractivity contribution is 0.353. The Labute approximate surface area is 136 Å². The van der Waals surface area contributed by atoms with Gasteiger partial charge in [0.1, 0.15) is 5.75 Å². The van der Waals surface area contributed by atoms with Crippen LogP contribution in [-0.4, -0.2) is 6.61 Å². The smallest absolute Gasteiger partial charge is 0.127 e. The number of alkyl halides is 1. The number of rotatable bonds is 2. The molecule has 1 atom stereocenters. The molecule has 98 valence electrons. The van der Waals surface area contributed by atoms with Crippen LogP contribution in [0, 0.1) is 3.57 Å². The molecule has 0 fully saturated rings. The van der Waals surface area contributed by atoms with E-state index < -0.39 is 0 Å². The summed E-state index contributed by atoms with van der Waals surface area (Å²) in [5, 5.41) is 0.484. The molecule has 2 aromatic carbocycles. The molecule has 0 N–H and O–H groups in total. The molecule has 0 amide bonds. The minimum atomic E-state index is -0.234. The third kappa shape index (κ3) is 2.71. The van der Waals surface area contributed by atoms with Crippen molar-refractivity contribution >= 4 is 45.8 Å². The van der Waals surface area contributed by atoms with Gasteiger partial charge in [-0.05, 0) is 58.0 Å². The van der Waals surface area contributed by atoms with Gasteiger partial charge in [-0.15, -0.1) is 11.6 Å². The number of halogens is 3. The molecule has 4 heteroatoms. The van der Waals surface area contributed by atoms with Crippen molar-refractivity contribution in [3.63, 3.8) is 0 Å². The van der Waals surface area contributed by atoms with E-state index in [0.29, 0.717) is 6.61 Å². The maximum absolute atomic E-state index is 6.60. The molecule has 0 aromatic heterocycles. The predicted molar refractivity (Wildman–Crippen MR) is 87.5 cm³/mol. The lowest BCUT2D eigenvalue weighted by atomic mass is 10.0. The summed E-state index contributed by atoms with van der Waals surface area (Å²) in [6.45, 7) is 0.707. The summed E-state index contributed by atoms with van der Waals surface area (Å²) in [4.78, 5) is 0. The summed E-state index contributed by atoms with van der Waals surface area (Å²) in [6, 6.07) is 12.1. The number of benzene rings is 2. The highest BCUT2D eigenvalue weighted by atomic mass is 127. The quantitative estimate of drug-likeness (QED) is 0.493. The zero-order valence-corrected chi connectivity index (χ0v) is 13.7. The molecular formula is C15H11Cl2IO. The van der Waals surface area contributed by atoms with Crippen molar-refractivity contribution in [3.8, 4) is 5.75 Å². The zero-order chi connectivity index (χ0) is 13.4. The van der Waals surface area contributed by atoms with Crippen molar-refractivity contribution in [2.75, 3.05) is 6.61 Å². The van der Waals surface area contributed by atoms with Crippen LogP contribution in [0.5, 0.6) is 5.75 Å². The summed E-state index contributed by atoms with van der Waals surface area (Å²) in [5.74, 6) is 0.906. The van der Waals surface area contributed by atoms with Crippen LogP contribution >= 0.6 is 45.8 Å². The normalized spacial score (nSPS) is 14.9. The van der Waals surface area contributed by atoms with Gasteiger partial charge in [-0.2, -0.15) is 0 Å². The van der Waals surface area contributed by atoms with Gasteiger partial charge in [-0.3, -0.25) is 0 Å². The molecule has 1 aliphatic heterocycles. The average molecular weight is 405 g/mol. The molecule has 0 aliphatic carbocycles. The maximum atomic E-state index is 6.60. The Hall–Kier alpha value is -0.450. The minimum Gasteiger partial charge on any atom is -0.493 e. The highest BCUT2D eigenvalue weighted by Gasteiger charge is 2.23. The fourth-order valence-electron chi connectivity index (χ4n) is 2.30. The first-order chi connectivity index (χ1) is 9.15. The van der Waals surface area contributed by atoms with E-state index in [2.05, 4.69) is 34.7 Å². The van der Waals surface area contributed by atoms with E-state index in [1.807, 2.05) is 24.3 Å². The first-order valence-corrected chi connectivity index (χ1v) is 7.89. The Kier molecular flexibility index (Phi) is 3.92. The second kappa shape index (κ2) is 5.51. The molecular weight excluding hydrogens is 394 g/mol. The highest BCUT2D eigenvalue weighted by Crippen LogP contribution is 2.41. The summed E-state index contributed by atoms with van der Waals surface area (Å²) in [5.41, 5.74) is 3.17. The van der Waals surface area contributed by atoms with Gasteiger partial charge < -0.3 is 4.74 Å². The fraction of sp³-hybridized carbons (Fsp3) is 0.200. The summed E-state index contributed by atoms with van der Waals surface area (Å²) in [6.07, 6.45) is 0.902. The molecule has 1 aliphatic rings. The second-order valence-corrected chi connectivity index (χ2v) is 6.61. The van der Waals surface area contributed by atoms with E-state index >= 15 is 0 Å². The number of fused-ring (bicyclic) bond motifs is 1. The summed E-state index contributed by atoms with van der Waals surface area (Å²) >= 11 is 15.0. The van der Waals surface area contributed by atoms with Gasteiger partial charge in [-0.25, -0.2) is 0 Å². The molecule has 1 nitrogen and oxygen atoms in total. The standard InChI is InChI=1S/C15H11Cl2IO/c16-11-7-10-5-6-19-15(10)13(8-11)14(17)9-1-3-12(18)4-2-9/h1-4,7-8,14H,5-6H2. The third-order valence-electron chi connectivity index (χ3n) is 3.21. The molecule has 0 saturated carbocycles. The van der Waals surface area contributed by atoms with Crippen LogP contribution in [0.1, 0.15) is 22.1 Å². The van der Waals surface area contributed by atoms with Gasteiger partial charge in [0.2, 0.25) is 0 Å². The van der Waals surface area contributed by atoms with Crippen LogP contribution < -0.4 is 4.74 Å². The van der Waals surface area contributed by atoms with Crippen LogP contribution in [0.15, 0.2) is 36.4 Å². The lowest BCUT2D eigenvalue weighted by Gasteiger charge is -2.15. The van der Waals surface area contributed by atoms with Crippen LogP contribution in [-0.2, 0) is 6.42 Å². The van der Waals surface area contributed by atoms with Gasteiger partial charge in [0.15, 0.2) is 0 Å². The summed E-state index contributed by atoms with van der Waals surface area (Å²) < 4.78 is 6.90. The number of ether oxygens (including phenoxy) is 1. The van der Waals surface area contributed by atoms with Crippen molar-refractivity contribution in [1.82, 2.24) is 0 Å². The van der Waals surface area contributed by atoms with Gasteiger partial charge >= 0.3 is 0 Å². The van der Waals surface area contributed by atoms with E-state index in [0.717, 1.165) is 33.9 Å². The van der Waals surface area contributed by atoms with Crippen molar-refractivity contribution in [2.45, 2.75) is 11.8 Å². The molecule has 1 heterocycles. The van der Waals surface area contributed by atoms with Gasteiger partial charge in [0.25, 0.3) is 0 Å².